The predicted octanol–water partition coefficient (Wildman–Crippen LogP) is 15.9. The second kappa shape index (κ2) is 27.8. The van der Waals surface area contributed by atoms with Gasteiger partial charge in [-0.05, 0) is 175 Å². The molecule has 0 N–H and O–H groups in total. The highest BCUT2D eigenvalue weighted by Gasteiger charge is 2.22. The standard InChI is InChI=1S/C17H22N.C16H20N.C15H18N.2C14H16N/c1-13-8-6-7-9-15(13)16-11-10-14(12-18(16)5)17(2,3)4;1-11-8-6-7-9-15(11)16-14(4)13(3)12(2)10-17(16)5;1-11-9-10-16(4)15(13(11)3)14-8-6-5-7-12(14)2;1-11-7-4-5-9-13(11)14-12(2)8-6-10-15(14)3;1-11-8-9-15(3)14(10-11)13-7-5-4-6-12(13)2/h6-12H,1-5H3;6-10H,1-5H3;5-10H,1-4H3;2*4-10H,1-3H3/q5*+1. The van der Waals surface area contributed by atoms with Gasteiger partial charge >= 0.3 is 0 Å². The van der Waals surface area contributed by atoms with Gasteiger partial charge in [0.05, 0.1) is 0 Å². The fourth-order valence-electron chi connectivity index (χ4n) is 10.5. The van der Waals surface area contributed by atoms with Crippen LogP contribution in [0.4, 0.5) is 0 Å². The fraction of sp³-hybridized carbons (Fsp3) is 0.276. The zero-order chi connectivity index (χ0) is 59.3. The van der Waals surface area contributed by atoms with Crippen LogP contribution in [0.25, 0.3) is 56.3 Å². The van der Waals surface area contributed by atoms with Gasteiger partial charge in [0, 0.05) is 86.0 Å². The van der Waals surface area contributed by atoms with Crippen molar-refractivity contribution in [2.45, 2.75) is 109 Å². The topological polar surface area (TPSA) is 19.4 Å². The summed E-state index contributed by atoms with van der Waals surface area (Å²) >= 11 is 0. The first-order valence-electron chi connectivity index (χ1n) is 28.5. The quantitative estimate of drug-likeness (QED) is 0.153. The van der Waals surface area contributed by atoms with Crippen molar-refractivity contribution in [3.05, 3.63) is 267 Å². The van der Waals surface area contributed by atoms with Crippen molar-refractivity contribution in [1.82, 2.24) is 0 Å². The predicted molar refractivity (Wildman–Crippen MR) is 341 cm³/mol. The Morgan fingerprint density at radius 2 is 0.679 bits per heavy atom. The molecule has 0 saturated carbocycles. The van der Waals surface area contributed by atoms with Crippen LogP contribution in [0.1, 0.15) is 93.1 Å². The van der Waals surface area contributed by atoms with Crippen molar-refractivity contribution in [1.29, 1.82) is 0 Å². The fourth-order valence-corrected chi connectivity index (χ4v) is 10.5. The maximum absolute atomic E-state index is 2.25. The van der Waals surface area contributed by atoms with Crippen LogP contribution in [-0.2, 0) is 40.7 Å². The molecule has 0 unspecified atom stereocenters. The highest BCUT2D eigenvalue weighted by molar-refractivity contribution is 5.67. The summed E-state index contributed by atoms with van der Waals surface area (Å²) in [6.07, 6.45) is 10.8. The lowest BCUT2D eigenvalue weighted by Gasteiger charge is -2.17. The molecule has 5 aromatic carbocycles. The van der Waals surface area contributed by atoms with Crippen molar-refractivity contribution >= 4 is 0 Å². The first-order valence-corrected chi connectivity index (χ1v) is 28.5. The van der Waals surface area contributed by atoms with E-state index in [1.165, 1.54) is 129 Å². The molecule has 5 nitrogen and oxygen atoms in total. The van der Waals surface area contributed by atoms with Gasteiger partial charge in [0.25, 0.3) is 0 Å². The van der Waals surface area contributed by atoms with Crippen LogP contribution in [0.5, 0.6) is 0 Å². The first kappa shape index (κ1) is 62.1. The number of benzene rings is 5. The summed E-state index contributed by atoms with van der Waals surface area (Å²) in [6, 6.07) is 57.8. The van der Waals surface area contributed by atoms with Gasteiger partial charge in [-0.2, -0.15) is 0 Å². The lowest BCUT2D eigenvalue weighted by atomic mass is 9.88. The first-order chi connectivity index (χ1) is 38.4. The molecule has 0 saturated heterocycles. The van der Waals surface area contributed by atoms with E-state index < -0.39 is 0 Å². The van der Waals surface area contributed by atoms with Crippen molar-refractivity contribution in [2.75, 3.05) is 0 Å². The Morgan fingerprint density at radius 1 is 0.272 bits per heavy atom. The average molecular weight is 1080 g/mol. The lowest BCUT2D eigenvalue weighted by Crippen LogP contribution is -2.33. The smallest absolute Gasteiger partial charge is 0.201 e. The Labute approximate surface area is 488 Å². The number of aryl methyl sites for hydroxylation is 14. The zero-order valence-electron chi connectivity index (χ0n) is 52.7. The minimum atomic E-state index is 0.196. The number of rotatable bonds is 5. The molecule has 416 valence electrons. The third-order valence-corrected chi connectivity index (χ3v) is 15.8. The van der Waals surface area contributed by atoms with E-state index in [4.69, 9.17) is 0 Å². The summed E-state index contributed by atoms with van der Waals surface area (Å²) in [5, 5.41) is 0. The zero-order valence-corrected chi connectivity index (χ0v) is 52.7. The Morgan fingerprint density at radius 3 is 1.14 bits per heavy atom. The highest BCUT2D eigenvalue weighted by Crippen LogP contribution is 2.29. The molecule has 0 aliphatic carbocycles. The summed E-state index contributed by atoms with van der Waals surface area (Å²) < 4.78 is 11.0. The number of hydrogen-bond acceptors (Lipinski definition) is 0. The monoisotopic (exact) mass is 1070 g/mol. The highest BCUT2D eigenvalue weighted by atomic mass is 14.9. The van der Waals surface area contributed by atoms with Gasteiger partial charge in [-0.3, -0.25) is 0 Å². The normalized spacial score (nSPS) is 10.7. The Bertz CT molecular complexity index is 3760. The van der Waals surface area contributed by atoms with Gasteiger partial charge in [0.15, 0.2) is 31.0 Å². The van der Waals surface area contributed by atoms with Crippen LogP contribution >= 0.6 is 0 Å². The van der Waals surface area contributed by atoms with E-state index in [1.54, 1.807) is 0 Å². The van der Waals surface area contributed by atoms with E-state index in [2.05, 4.69) is 357 Å². The average Bonchev–Trinajstić information content (AvgIpc) is 3.61. The Kier molecular flexibility index (Phi) is 21.3. The van der Waals surface area contributed by atoms with Crippen LogP contribution in [0.2, 0.25) is 0 Å². The number of hydrogen-bond donors (Lipinski definition) is 0. The van der Waals surface area contributed by atoms with E-state index in [1.807, 2.05) is 0 Å². The van der Waals surface area contributed by atoms with Crippen molar-refractivity contribution in [3.63, 3.8) is 0 Å². The van der Waals surface area contributed by atoms with Crippen LogP contribution < -0.4 is 22.8 Å². The molecular formula is C76H92N5+5. The third-order valence-electron chi connectivity index (χ3n) is 15.8. The molecule has 5 aromatic heterocycles. The molecule has 81 heavy (non-hydrogen) atoms. The maximum atomic E-state index is 2.25. The van der Waals surface area contributed by atoms with Crippen LogP contribution in [0.3, 0.4) is 0 Å². The third kappa shape index (κ3) is 15.6. The number of nitrogens with zero attached hydrogens (tertiary/aromatic N) is 5. The molecule has 0 spiro atoms. The summed E-state index contributed by atoms with van der Waals surface area (Å²) in [5.74, 6) is 0. The van der Waals surface area contributed by atoms with Gasteiger partial charge in [-0.15, -0.1) is 0 Å². The van der Waals surface area contributed by atoms with Crippen LogP contribution in [-0.4, -0.2) is 0 Å². The lowest BCUT2D eigenvalue weighted by molar-refractivity contribution is -0.661. The minimum absolute atomic E-state index is 0.196. The van der Waals surface area contributed by atoms with Crippen LogP contribution in [0.15, 0.2) is 195 Å². The molecule has 0 bridgehead atoms. The summed E-state index contributed by atoms with van der Waals surface area (Å²) in [5.41, 5.74) is 30.7. The molecule has 0 aliphatic rings. The van der Waals surface area contributed by atoms with Gasteiger partial charge in [-0.25, -0.2) is 22.8 Å². The molecule has 10 aromatic rings. The molecule has 10 rings (SSSR count). The summed E-state index contributed by atoms with van der Waals surface area (Å²) in [4.78, 5) is 0. The van der Waals surface area contributed by atoms with Crippen molar-refractivity contribution < 1.29 is 22.8 Å². The SMILES string of the molecule is Cc1cc[n+](C)c(-c2ccccc2C)c1.Cc1ccccc1-c1c(C)c(C)c(C)c[n+]1C.Cc1ccccc1-c1c(C)c(C)cc[n+]1C.Cc1ccccc1-c1c(C)ccc[n+]1C.Cc1ccccc1-c1ccc(C(C)(C)C)c[n+]1C. The molecule has 5 heterocycles. The number of aromatic nitrogens is 5. The van der Waals surface area contributed by atoms with Crippen molar-refractivity contribution in [3.8, 4) is 56.3 Å². The van der Waals surface area contributed by atoms with Gasteiger partial charge in [-0.1, -0.05) is 112 Å². The summed E-state index contributed by atoms with van der Waals surface area (Å²) in [6.45, 7) is 32.8. The van der Waals surface area contributed by atoms with Crippen molar-refractivity contribution in [2.24, 2.45) is 35.2 Å². The molecule has 0 aliphatic heterocycles. The van der Waals surface area contributed by atoms with E-state index in [0.717, 1.165) is 0 Å². The molecule has 0 atom stereocenters. The van der Waals surface area contributed by atoms with Gasteiger partial charge in [0.1, 0.15) is 35.2 Å². The number of pyridine rings is 5. The molecule has 0 fully saturated rings. The Balaban J connectivity index is 0.000000163. The molecule has 5 heteroatoms. The molecule has 0 radical (unpaired) electrons. The van der Waals surface area contributed by atoms with Gasteiger partial charge < -0.3 is 0 Å². The van der Waals surface area contributed by atoms with Crippen LogP contribution in [0, 0.1) is 83.1 Å². The van der Waals surface area contributed by atoms with E-state index in [0.29, 0.717) is 0 Å². The van der Waals surface area contributed by atoms with Gasteiger partial charge in [0.2, 0.25) is 28.5 Å². The maximum Gasteiger partial charge on any atom is 0.215 e. The molecular weight excluding hydrogens is 983 g/mol. The van der Waals surface area contributed by atoms with E-state index >= 15 is 0 Å². The largest absolute Gasteiger partial charge is 0.215 e. The minimum Gasteiger partial charge on any atom is -0.201 e. The van der Waals surface area contributed by atoms with E-state index in [-0.39, 0.29) is 5.41 Å². The Hall–Kier alpha value is -8.15. The van der Waals surface area contributed by atoms with E-state index in [9.17, 15) is 0 Å². The summed E-state index contributed by atoms with van der Waals surface area (Å²) in [7, 11) is 10.5. The molecule has 0 amide bonds. The second-order valence-corrected chi connectivity index (χ2v) is 23.2. The second-order valence-electron chi connectivity index (χ2n) is 23.2.